The number of urea groups is 1. The molecule has 2 rings (SSSR count). The zero-order valence-corrected chi connectivity index (χ0v) is 15.8. The van der Waals surface area contributed by atoms with Crippen LogP contribution in [0.1, 0.15) is 18.5 Å². The summed E-state index contributed by atoms with van der Waals surface area (Å²) in [7, 11) is 1.56. The van der Waals surface area contributed by atoms with Crippen LogP contribution >= 0.6 is 31.9 Å². The smallest absolute Gasteiger partial charge is 0.338 e. The van der Waals surface area contributed by atoms with E-state index in [9.17, 15) is 9.59 Å². The van der Waals surface area contributed by atoms with Crippen molar-refractivity contribution >= 4 is 43.9 Å². The molecular formula is C15H16Br2N2O4. The molecule has 1 aromatic carbocycles. The summed E-state index contributed by atoms with van der Waals surface area (Å²) >= 11 is 6.76. The second-order valence-corrected chi connectivity index (χ2v) is 6.08. The van der Waals surface area contributed by atoms with Crippen LogP contribution in [0, 0.1) is 0 Å². The van der Waals surface area contributed by atoms with Gasteiger partial charge < -0.3 is 20.1 Å². The molecular weight excluding hydrogens is 432 g/mol. The molecule has 1 heterocycles. The van der Waals surface area contributed by atoms with Crippen molar-refractivity contribution in [2.75, 3.05) is 19.0 Å². The van der Waals surface area contributed by atoms with Crippen molar-refractivity contribution in [3.05, 3.63) is 39.5 Å². The first kappa shape index (κ1) is 17.8. The molecule has 0 fully saturated rings. The molecule has 1 aliphatic rings. The SMILES string of the molecule is CCOC(=O)C1=C(CBr)NC(=O)NC1c1cc(OC)ccc1Br. The second-order valence-electron chi connectivity index (χ2n) is 4.67. The highest BCUT2D eigenvalue weighted by Gasteiger charge is 2.34. The van der Waals surface area contributed by atoms with Crippen LogP contribution in [0.25, 0.3) is 0 Å². The van der Waals surface area contributed by atoms with Crippen LogP contribution < -0.4 is 15.4 Å². The molecule has 1 aromatic rings. The maximum Gasteiger partial charge on any atom is 0.338 e. The van der Waals surface area contributed by atoms with Crippen LogP contribution in [-0.4, -0.2) is 31.0 Å². The predicted octanol–water partition coefficient (Wildman–Crippen LogP) is 3.02. The van der Waals surface area contributed by atoms with Gasteiger partial charge in [-0.15, -0.1) is 0 Å². The van der Waals surface area contributed by atoms with Crippen LogP contribution in [0.2, 0.25) is 0 Å². The maximum absolute atomic E-state index is 12.4. The lowest BCUT2D eigenvalue weighted by atomic mass is 9.95. The summed E-state index contributed by atoms with van der Waals surface area (Å²) < 4.78 is 11.1. The molecule has 0 aliphatic carbocycles. The first-order chi connectivity index (χ1) is 11.0. The monoisotopic (exact) mass is 446 g/mol. The number of ether oxygens (including phenoxy) is 2. The minimum Gasteiger partial charge on any atom is -0.497 e. The van der Waals surface area contributed by atoms with Gasteiger partial charge in [-0.25, -0.2) is 9.59 Å². The Bertz CT molecular complexity index is 661. The lowest BCUT2D eigenvalue weighted by Crippen LogP contribution is -2.46. The van der Waals surface area contributed by atoms with E-state index in [1.165, 1.54) is 0 Å². The molecule has 1 unspecified atom stereocenters. The molecule has 2 amide bonds. The summed E-state index contributed by atoms with van der Waals surface area (Å²) in [6.07, 6.45) is 0. The van der Waals surface area contributed by atoms with Gasteiger partial charge in [-0.2, -0.15) is 0 Å². The van der Waals surface area contributed by atoms with Crippen molar-refractivity contribution in [1.82, 2.24) is 10.6 Å². The molecule has 23 heavy (non-hydrogen) atoms. The molecule has 0 saturated carbocycles. The molecule has 0 saturated heterocycles. The van der Waals surface area contributed by atoms with E-state index >= 15 is 0 Å². The first-order valence-corrected chi connectivity index (χ1v) is 8.80. The lowest BCUT2D eigenvalue weighted by Gasteiger charge is -2.29. The number of alkyl halides is 1. The summed E-state index contributed by atoms with van der Waals surface area (Å²) in [5.74, 6) is 0.147. The third-order valence-corrected chi connectivity index (χ3v) is 4.58. The van der Waals surface area contributed by atoms with E-state index < -0.39 is 12.0 Å². The molecule has 0 spiro atoms. The summed E-state index contributed by atoms with van der Waals surface area (Å²) in [5, 5.41) is 5.73. The number of halogens is 2. The number of hydrogen-bond donors (Lipinski definition) is 2. The van der Waals surface area contributed by atoms with Crippen molar-refractivity contribution in [3.8, 4) is 5.75 Å². The van der Waals surface area contributed by atoms with Gasteiger partial charge in [-0.3, -0.25) is 0 Å². The number of esters is 1. The molecule has 1 atom stereocenters. The summed E-state index contributed by atoms with van der Waals surface area (Å²) in [6, 6.07) is 4.34. The Hall–Kier alpha value is -1.54. The van der Waals surface area contributed by atoms with Crippen LogP contribution in [-0.2, 0) is 9.53 Å². The lowest BCUT2D eigenvalue weighted by molar-refractivity contribution is -0.139. The fraction of sp³-hybridized carbons (Fsp3) is 0.333. The summed E-state index contributed by atoms with van der Waals surface area (Å²) in [4.78, 5) is 24.3. The van der Waals surface area contributed by atoms with Gasteiger partial charge in [0.05, 0.1) is 25.3 Å². The third kappa shape index (κ3) is 3.87. The number of rotatable bonds is 5. The molecule has 8 heteroatoms. The fourth-order valence-corrected chi connectivity index (χ4v) is 3.19. The Morgan fingerprint density at radius 3 is 2.74 bits per heavy atom. The highest BCUT2D eigenvalue weighted by Crippen LogP contribution is 2.35. The van der Waals surface area contributed by atoms with Crippen LogP contribution in [0.15, 0.2) is 33.9 Å². The Balaban J connectivity index is 2.56. The van der Waals surface area contributed by atoms with Crippen molar-refractivity contribution < 1.29 is 19.1 Å². The standard InChI is InChI=1S/C15H16Br2N2O4/c1-3-23-14(20)12-11(7-16)18-15(21)19-13(12)9-6-8(22-2)4-5-10(9)17/h4-6,13H,3,7H2,1-2H3,(H2,18,19,21). The Morgan fingerprint density at radius 1 is 1.39 bits per heavy atom. The van der Waals surface area contributed by atoms with Gasteiger partial charge in [0, 0.05) is 15.5 Å². The largest absolute Gasteiger partial charge is 0.497 e. The normalized spacial score (nSPS) is 17.4. The number of methoxy groups -OCH3 is 1. The average Bonchev–Trinajstić information content (AvgIpc) is 2.54. The third-order valence-electron chi connectivity index (χ3n) is 3.30. The highest BCUT2D eigenvalue weighted by atomic mass is 79.9. The van der Waals surface area contributed by atoms with E-state index in [-0.39, 0.29) is 12.6 Å². The van der Waals surface area contributed by atoms with Crippen molar-refractivity contribution in [3.63, 3.8) is 0 Å². The molecule has 0 bridgehead atoms. The van der Waals surface area contributed by atoms with E-state index in [1.807, 2.05) is 0 Å². The van der Waals surface area contributed by atoms with Gasteiger partial charge in [0.1, 0.15) is 5.75 Å². The summed E-state index contributed by atoms with van der Waals surface area (Å²) in [6.45, 7) is 1.98. The number of hydrogen-bond acceptors (Lipinski definition) is 4. The second kappa shape index (κ2) is 7.83. The number of allylic oxidation sites excluding steroid dienone is 1. The zero-order valence-electron chi connectivity index (χ0n) is 12.6. The van der Waals surface area contributed by atoms with Gasteiger partial charge in [0.2, 0.25) is 0 Å². The van der Waals surface area contributed by atoms with Crippen molar-refractivity contribution in [2.24, 2.45) is 0 Å². The molecule has 2 N–H and O–H groups in total. The predicted molar refractivity (Wildman–Crippen MR) is 92.6 cm³/mol. The van der Waals surface area contributed by atoms with E-state index in [2.05, 4.69) is 42.5 Å². The Morgan fingerprint density at radius 2 is 2.13 bits per heavy atom. The molecule has 1 aliphatic heterocycles. The molecule has 0 aromatic heterocycles. The Labute approximate surface area is 150 Å². The maximum atomic E-state index is 12.4. The van der Waals surface area contributed by atoms with Crippen molar-refractivity contribution in [1.29, 1.82) is 0 Å². The van der Waals surface area contributed by atoms with E-state index in [0.29, 0.717) is 27.9 Å². The van der Waals surface area contributed by atoms with E-state index in [1.54, 1.807) is 32.2 Å². The van der Waals surface area contributed by atoms with Crippen LogP contribution in [0.4, 0.5) is 4.79 Å². The van der Waals surface area contributed by atoms with Gasteiger partial charge in [-0.05, 0) is 30.7 Å². The number of benzene rings is 1. The highest BCUT2D eigenvalue weighted by molar-refractivity contribution is 9.10. The number of carbonyl (C=O) groups is 2. The minimum absolute atomic E-state index is 0.248. The average molecular weight is 448 g/mol. The molecule has 6 nitrogen and oxygen atoms in total. The number of carbonyl (C=O) groups excluding carboxylic acids is 2. The van der Waals surface area contributed by atoms with Crippen LogP contribution in [0.5, 0.6) is 5.75 Å². The molecule has 124 valence electrons. The Kier molecular flexibility index (Phi) is 6.06. The summed E-state index contributed by atoms with van der Waals surface area (Å²) in [5.41, 5.74) is 1.55. The number of amides is 2. The van der Waals surface area contributed by atoms with E-state index in [0.717, 1.165) is 4.47 Å². The minimum atomic E-state index is -0.639. The van der Waals surface area contributed by atoms with Crippen LogP contribution in [0.3, 0.4) is 0 Å². The quantitative estimate of drug-likeness (QED) is 0.537. The van der Waals surface area contributed by atoms with Gasteiger partial charge in [-0.1, -0.05) is 31.9 Å². The van der Waals surface area contributed by atoms with Gasteiger partial charge >= 0.3 is 12.0 Å². The van der Waals surface area contributed by atoms with Gasteiger partial charge in [0.25, 0.3) is 0 Å². The topological polar surface area (TPSA) is 76.7 Å². The number of nitrogens with one attached hydrogen (secondary N) is 2. The molecule has 0 radical (unpaired) electrons. The van der Waals surface area contributed by atoms with E-state index in [4.69, 9.17) is 9.47 Å². The zero-order chi connectivity index (χ0) is 17.0. The first-order valence-electron chi connectivity index (χ1n) is 6.88. The van der Waals surface area contributed by atoms with Gasteiger partial charge in [0.15, 0.2) is 0 Å². The van der Waals surface area contributed by atoms with Crippen molar-refractivity contribution in [2.45, 2.75) is 13.0 Å². The fourth-order valence-electron chi connectivity index (χ4n) is 2.28.